The second-order valence-corrected chi connectivity index (χ2v) is 3.76. The molecule has 5 nitrogen and oxygen atoms in total. The zero-order chi connectivity index (χ0) is 13.0. The van der Waals surface area contributed by atoms with E-state index in [1.165, 1.54) is 18.3 Å². The number of aromatic nitrogens is 1. The van der Waals surface area contributed by atoms with Gasteiger partial charge in [-0.2, -0.15) is 0 Å². The van der Waals surface area contributed by atoms with E-state index in [4.69, 9.17) is 11.6 Å². The number of nitrogens with zero attached hydrogens (tertiary/aromatic N) is 2. The van der Waals surface area contributed by atoms with Crippen molar-refractivity contribution < 1.29 is 4.79 Å². The second-order valence-electron chi connectivity index (χ2n) is 3.40. The van der Waals surface area contributed by atoms with Gasteiger partial charge in [-0.25, -0.2) is 4.98 Å². The Morgan fingerprint density at radius 3 is 2.72 bits per heavy atom. The van der Waals surface area contributed by atoms with Crippen LogP contribution in [-0.2, 0) is 0 Å². The maximum Gasteiger partial charge on any atom is 0.258 e. The predicted molar refractivity (Wildman–Crippen MR) is 69.1 cm³/mol. The average Bonchev–Trinajstić information content (AvgIpc) is 2.41. The number of nitrogens with one attached hydrogen (secondary N) is 1. The zero-order valence-electron chi connectivity index (χ0n) is 9.13. The molecule has 1 amide bonds. The Kier molecular flexibility index (Phi) is 3.64. The van der Waals surface area contributed by atoms with Crippen molar-refractivity contribution in [3.63, 3.8) is 0 Å². The first kappa shape index (κ1) is 12.2. The van der Waals surface area contributed by atoms with Gasteiger partial charge in [0, 0.05) is 6.20 Å². The lowest BCUT2D eigenvalue weighted by Crippen LogP contribution is -2.12. The maximum absolute atomic E-state index is 11.9. The van der Waals surface area contributed by atoms with Gasteiger partial charge in [-0.05, 0) is 29.4 Å². The highest BCUT2D eigenvalue weighted by molar-refractivity contribution is 6.32. The molecule has 0 atom stereocenters. The molecular formula is C12H8ClN3O2. The molecule has 0 spiro atoms. The van der Waals surface area contributed by atoms with Gasteiger partial charge in [0.15, 0.2) is 5.15 Å². The SMILES string of the molecule is O=Nc1ccccc1C(=O)Nc1cccnc1Cl. The molecule has 18 heavy (non-hydrogen) atoms. The summed E-state index contributed by atoms with van der Waals surface area (Å²) in [5.41, 5.74) is 0.646. The fraction of sp³-hybridized carbons (Fsp3) is 0. The van der Waals surface area contributed by atoms with Crippen LogP contribution in [0.2, 0.25) is 5.15 Å². The van der Waals surface area contributed by atoms with Crippen LogP contribution in [-0.4, -0.2) is 10.9 Å². The number of amides is 1. The number of carbonyl (C=O) groups excluding carboxylic acids is 1. The summed E-state index contributed by atoms with van der Waals surface area (Å²) < 4.78 is 0. The van der Waals surface area contributed by atoms with Crippen LogP contribution >= 0.6 is 11.6 Å². The van der Waals surface area contributed by atoms with E-state index in [1.807, 2.05) is 0 Å². The first-order chi connectivity index (χ1) is 8.72. The van der Waals surface area contributed by atoms with E-state index in [9.17, 15) is 9.70 Å². The van der Waals surface area contributed by atoms with Crippen molar-refractivity contribution >= 4 is 28.9 Å². The van der Waals surface area contributed by atoms with Crippen molar-refractivity contribution in [1.82, 2.24) is 4.98 Å². The highest BCUT2D eigenvalue weighted by Crippen LogP contribution is 2.22. The Morgan fingerprint density at radius 2 is 2.00 bits per heavy atom. The minimum absolute atomic E-state index is 0.0787. The van der Waals surface area contributed by atoms with Crippen LogP contribution in [0.15, 0.2) is 47.8 Å². The third-order valence-corrected chi connectivity index (χ3v) is 2.56. The van der Waals surface area contributed by atoms with Gasteiger partial charge in [-0.3, -0.25) is 4.79 Å². The Morgan fingerprint density at radius 1 is 1.22 bits per heavy atom. The monoisotopic (exact) mass is 261 g/mol. The Bertz CT molecular complexity index is 601. The van der Waals surface area contributed by atoms with Crippen LogP contribution in [0.5, 0.6) is 0 Å². The normalized spacial score (nSPS) is 9.83. The van der Waals surface area contributed by atoms with E-state index in [1.54, 1.807) is 24.3 Å². The van der Waals surface area contributed by atoms with Crippen LogP contribution in [0.25, 0.3) is 0 Å². The van der Waals surface area contributed by atoms with Gasteiger partial charge in [0.2, 0.25) is 0 Å². The van der Waals surface area contributed by atoms with E-state index in [0.29, 0.717) is 5.69 Å². The molecule has 0 fully saturated rings. The van der Waals surface area contributed by atoms with Crippen molar-refractivity contribution in [1.29, 1.82) is 0 Å². The summed E-state index contributed by atoms with van der Waals surface area (Å²) in [6, 6.07) is 9.51. The second kappa shape index (κ2) is 5.37. The van der Waals surface area contributed by atoms with E-state index in [0.717, 1.165) is 0 Å². The molecule has 0 unspecified atom stereocenters. The summed E-state index contributed by atoms with van der Waals surface area (Å²) in [5.74, 6) is -0.458. The molecule has 1 aromatic heterocycles. The van der Waals surface area contributed by atoms with E-state index >= 15 is 0 Å². The third kappa shape index (κ3) is 2.52. The molecule has 90 valence electrons. The quantitative estimate of drug-likeness (QED) is 0.680. The van der Waals surface area contributed by atoms with Gasteiger partial charge in [0.05, 0.1) is 11.3 Å². The summed E-state index contributed by atoms with van der Waals surface area (Å²) in [4.78, 5) is 26.4. The van der Waals surface area contributed by atoms with Crippen molar-refractivity contribution in [2.24, 2.45) is 5.18 Å². The van der Waals surface area contributed by atoms with Crippen LogP contribution in [0.4, 0.5) is 11.4 Å². The average molecular weight is 262 g/mol. The minimum atomic E-state index is -0.458. The summed E-state index contributed by atoms with van der Waals surface area (Å²) in [7, 11) is 0. The molecule has 0 bridgehead atoms. The number of rotatable bonds is 3. The highest BCUT2D eigenvalue weighted by atomic mass is 35.5. The number of hydrogen-bond donors (Lipinski definition) is 1. The maximum atomic E-state index is 11.9. The summed E-state index contributed by atoms with van der Waals surface area (Å²) >= 11 is 5.82. The predicted octanol–water partition coefficient (Wildman–Crippen LogP) is 3.39. The Balaban J connectivity index is 2.28. The fourth-order valence-corrected chi connectivity index (χ4v) is 1.58. The van der Waals surface area contributed by atoms with Gasteiger partial charge >= 0.3 is 0 Å². The number of benzene rings is 1. The zero-order valence-corrected chi connectivity index (χ0v) is 9.89. The molecule has 0 saturated carbocycles. The lowest BCUT2D eigenvalue weighted by Gasteiger charge is -2.06. The molecule has 1 N–H and O–H groups in total. The number of hydrogen-bond acceptors (Lipinski definition) is 4. The topological polar surface area (TPSA) is 71.4 Å². The number of halogens is 1. The largest absolute Gasteiger partial charge is 0.319 e. The molecule has 0 saturated heterocycles. The lowest BCUT2D eigenvalue weighted by atomic mass is 10.1. The van der Waals surface area contributed by atoms with Gasteiger partial charge in [-0.1, -0.05) is 23.7 Å². The first-order valence-electron chi connectivity index (χ1n) is 5.06. The fourth-order valence-electron chi connectivity index (χ4n) is 1.41. The van der Waals surface area contributed by atoms with Crippen LogP contribution < -0.4 is 5.32 Å². The van der Waals surface area contributed by atoms with Crippen LogP contribution in [0, 0.1) is 4.91 Å². The number of pyridine rings is 1. The molecule has 2 aromatic rings. The molecule has 0 aliphatic heterocycles. The number of carbonyl (C=O) groups is 1. The summed E-state index contributed by atoms with van der Waals surface area (Å²) in [6.45, 7) is 0. The summed E-state index contributed by atoms with van der Waals surface area (Å²) in [5, 5.41) is 5.55. The lowest BCUT2D eigenvalue weighted by molar-refractivity contribution is 0.102. The van der Waals surface area contributed by atoms with Crippen molar-refractivity contribution in [2.75, 3.05) is 5.32 Å². The minimum Gasteiger partial charge on any atom is -0.319 e. The van der Waals surface area contributed by atoms with Gasteiger partial charge < -0.3 is 5.32 Å². The van der Waals surface area contributed by atoms with Crippen molar-refractivity contribution in [3.8, 4) is 0 Å². The first-order valence-corrected chi connectivity index (χ1v) is 5.44. The molecule has 1 heterocycles. The Labute approximate surface area is 108 Å². The molecule has 1 aromatic carbocycles. The van der Waals surface area contributed by atoms with Crippen LogP contribution in [0.3, 0.4) is 0 Å². The van der Waals surface area contributed by atoms with E-state index in [-0.39, 0.29) is 16.4 Å². The molecular weight excluding hydrogens is 254 g/mol. The molecule has 2 rings (SSSR count). The molecule has 0 aliphatic carbocycles. The number of nitroso groups, excluding NO2 is 1. The number of anilines is 1. The molecule has 0 radical (unpaired) electrons. The Hall–Kier alpha value is -2.27. The third-order valence-electron chi connectivity index (χ3n) is 2.25. The van der Waals surface area contributed by atoms with Crippen LogP contribution in [0.1, 0.15) is 10.4 Å². The standard InChI is InChI=1S/C12H8ClN3O2/c13-11-10(6-3-7-14-11)15-12(17)8-4-1-2-5-9(8)16-18/h1-7H,(H,15,17). The van der Waals surface area contributed by atoms with E-state index < -0.39 is 5.91 Å². The van der Waals surface area contributed by atoms with Gasteiger partial charge in [-0.15, -0.1) is 4.91 Å². The van der Waals surface area contributed by atoms with Gasteiger partial charge in [0.25, 0.3) is 5.91 Å². The van der Waals surface area contributed by atoms with Crippen molar-refractivity contribution in [2.45, 2.75) is 0 Å². The van der Waals surface area contributed by atoms with Crippen molar-refractivity contribution in [3.05, 3.63) is 58.2 Å². The smallest absolute Gasteiger partial charge is 0.258 e. The molecule has 0 aliphatic rings. The highest BCUT2D eigenvalue weighted by Gasteiger charge is 2.12. The van der Waals surface area contributed by atoms with E-state index in [2.05, 4.69) is 15.5 Å². The molecule has 6 heteroatoms. The summed E-state index contributed by atoms with van der Waals surface area (Å²) in [6.07, 6.45) is 1.51. The van der Waals surface area contributed by atoms with Gasteiger partial charge in [0.1, 0.15) is 5.69 Å².